The fourth-order valence-electron chi connectivity index (χ4n) is 2.69. The molecule has 5 nitrogen and oxygen atoms in total. The number of carbonyl (C=O) groups is 1. The molecule has 0 bridgehead atoms. The van der Waals surface area contributed by atoms with Crippen molar-refractivity contribution in [3.63, 3.8) is 0 Å². The molecule has 0 atom stereocenters. The van der Waals surface area contributed by atoms with Crippen molar-refractivity contribution in [2.45, 2.75) is 17.7 Å². The third-order valence-electron chi connectivity index (χ3n) is 4.22. The van der Waals surface area contributed by atoms with E-state index in [0.717, 1.165) is 11.8 Å². The Morgan fingerprint density at radius 2 is 1.90 bits per heavy atom. The van der Waals surface area contributed by atoms with Gasteiger partial charge in [-0.25, -0.2) is 14.4 Å². The number of methoxy groups -OCH3 is 1. The second-order valence-electron chi connectivity index (χ2n) is 6.37. The summed E-state index contributed by atoms with van der Waals surface area (Å²) in [5, 5.41) is 0.508. The van der Waals surface area contributed by atoms with Crippen LogP contribution in [0.1, 0.15) is 11.4 Å². The number of hydrogen-bond acceptors (Lipinski definition) is 5. The Balaban J connectivity index is 1.73. The van der Waals surface area contributed by atoms with Crippen molar-refractivity contribution in [2.24, 2.45) is 0 Å². The van der Waals surface area contributed by atoms with Crippen molar-refractivity contribution in [3.8, 4) is 5.75 Å². The van der Waals surface area contributed by atoms with Crippen LogP contribution < -0.4 is 4.74 Å². The molecular weight excluding hydrogens is 422 g/mol. The van der Waals surface area contributed by atoms with E-state index in [-0.39, 0.29) is 34.5 Å². The van der Waals surface area contributed by atoms with Crippen LogP contribution in [0.3, 0.4) is 0 Å². The number of fused-ring (bicyclic) bond motifs is 1. The van der Waals surface area contributed by atoms with Gasteiger partial charge in [0.1, 0.15) is 5.03 Å². The minimum Gasteiger partial charge on any atom is -0.494 e. The van der Waals surface area contributed by atoms with Crippen LogP contribution in [-0.2, 0) is 17.5 Å². The number of para-hydroxylation sites is 1. The molecule has 1 amide bonds. The quantitative estimate of drug-likeness (QED) is 0.321. The molecule has 3 rings (SSSR count). The molecule has 1 aromatic heterocycles. The molecule has 0 aliphatic rings. The second kappa shape index (κ2) is 8.86. The number of rotatable bonds is 6. The van der Waals surface area contributed by atoms with Crippen LogP contribution in [0, 0.1) is 5.82 Å². The van der Waals surface area contributed by atoms with Gasteiger partial charge in [-0.1, -0.05) is 36.0 Å². The zero-order valence-corrected chi connectivity index (χ0v) is 16.9. The van der Waals surface area contributed by atoms with Gasteiger partial charge in [0.25, 0.3) is 0 Å². The summed E-state index contributed by atoms with van der Waals surface area (Å²) in [6.07, 6.45) is -4.70. The molecule has 10 heteroatoms. The van der Waals surface area contributed by atoms with Crippen molar-refractivity contribution in [1.29, 1.82) is 0 Å². The average molecular weight is 439 g/mol. The summed E-state index contributed by atoms with van der Waals surface area (Å²) >= 11 is 0.900. The van der Waals surface area contributed by atoms with E-state index in [1.54, 1.807) is 24.3 Å². The second-order valence-corrected chi connectivity index (χ2v) is 7.34. The first-order chi connectivity index (χ1) is 14.2. The standard InChI is InChI=1S/C20H17F4N3O2S/c1-27(10-12-7-8-16(29-2)14(21)9-12)17(28)11-30-18-13-5-3-4-6-15(13)25-19(26-18)20(22,23)24/h3-9H,10-11H2,1-2H3. The predicted molar refractivity (Wildman–Crippen MR) is 105 cm³/mol. The Bertz CT molecular complexity index is 1080. The Morgan fingerprint density at radius 1 is 1.17 bits per heavy atom. The minimum atomic E-state index is -4.70. The van der Waals surface area contributed by atoms with E-state index in [1.807, 2.05) is 0 Å². The van der Waals surface area contributed by atoms with Gasteiger partial charge in [-0.2, -0.15) is 13.2 Å². The van der Waals surface area contributed by atoms with Crippen molar-refractivity contribution in [3.05, 3.63) is 59.7 Å². The van der Waals surface area contributed by atoms with Crippen molar-refractivity contribution >= 4 is 28.6 Å². The molecule has 0 fully saturated rings. The summed E-state index contributed by atoms with van der Waals surface area (Å²) in [7, 11) is 2.89. The maximum Gasteiger partial charge on any atom is 0.451 e. The van der Waals surface area contributed by atoms with Gasteiger partial charge < -0.3 is 9.64 Å². The fourth-order valence-corrected chi connectivity index (χ4v) is 3.65. The van der Waals surface area contributed by atoms with Crippen LogP contribution in [0.15, 0.2) is 47.5 Å². The molecule has 0 spiro atoms. The zero-order valence-electron chi connectivity index (χ0n) is 16.0. The summed E-state index contributed by atoms with van der Waals surface area (Å²) in [5.41, 5.74) is 0.706. The molecule has 30 heavy (non-hydrogen) atoms. The number of carbonyl (C=O) groups excluding carboxylic acids is 1. The number of thioether (sulfide) groups is 1. The first-order valence-corrected chi connectivity index (χ1v) is 9.70. The van der Waals surface area contributed by atoms with Gasteiger partial charge in [0, 0.05) is 19.0 Å². The molecule has 2 aromatic carbocycles. The molecule has 1 heterocycles. The van der Waals surface area contributed by atoms with E-state index in [9.17, 15) is 22.4 Å². The highest BCUT2D eigenvalue weighted by Crippen LogP contribution is 2.32. The van der Waals surface area contributed by atoms with Gasteiger partial charge in [-0.05, 0) is 23.8 Å². The number of benzene rings is 2. The van der Waals surface area contributed by atoms with E-state index in [4.69, 9.17) is 4.74 Å². The third-order valence-corrected chi connectivity index (χ3v) is 5.19. The fraction of sp³-hybridized carbons (Fsp3) is 0.250. The summed E-state index contributed by atoms with van der Waals surface area (Å²) in [5.74, 6) is -2.17. The number of nitrogens with zero attached hydrogens (tertiary/aromatic N) is 3. The first kappa shape index (κ1) is 21.8. The Kier molecular flexibility index (Phi) is 6.45. The molecule has 3 aromatic rings. The van der Waals surface area contributed by atoms with E-state index >= 15 is 0 Å². The van der Waals surface area contributed by atoms with E-state index in [2.05, 4.69) is 9.97 Å². The van der Waals surface area contributed by atoms with Crippen LogP contribution in [-0.4, -0.2) is 40.7 Å². The van der Waals surface area contributed by atoms with E-state index in [1.165, 1.54) is 37.3 Å². The smallest absolute Gasteiger partial charge is 0.451 e. The van der Waals surface area contributed by atoms with Crippen molar-refractivity contribution in [1.82, 2.24) is 14.9 Å². The highest BCUT2D eigenvalue weighted by Gasteiger charge is 2.35. The van der Waals surface area contributed by atoms with Crippen LogP contribution in [0.25, 0.3) is 10.9 Å². The van der Waals surface area contributed by atoms with Gasteiger partial charge in [-0.3, -0.25) is 4.79 Å². The van der Waals surface area contributed by atoms with Crippen molar-refractivity contribution < 1.29 is 27.1 Å². The van der Waals surface area contributed by atoms with Gasteiger partial charge in [0.05, 0.1) is 18.4 Å². The normalized spacial score (nSPS) is 11.5. The summed E-state index contributed by atoms with van der Waals surface area (Å²) in [6.45, 7) is 0.138. The highest BCUT2D eigenvalue weighted by molar-refractivity contribution is 8.00. The van der Waals surface area contributed by atoms with Gasteiger partial charge in [0.2, 0.25) is 11.7 Å². The first-order valence-electron chi connectivity index (χ1n) is 8.72. The molecule has 158 valence electrons. The van der Waals surface area contributed by atoms with E-state index in [0.29, 0.717) is 10.9 Å². The summed E-state index contributed by atoms with van der Waals surface area (Å²) in [6, 6.07) is 10.7. The minimum absolute atomic E-state index is 0.0742. The van der Waals surface area contributed by atoms with Crippen molar-refractivity contribution in [2.75, 3.05) is 19.9 Å². The maximum absolute atomic E-state index is 13.8. The largest absolute Gasteiger partial charge is 0.494 e. The molecule has 0 unspecified atom stereocenters. The Hall–Kier alpha value is -2.88. The predicted octanol–water partition coefficient (Wildman–Crippen LogP) is 4.55. The molecule has 0 radical (unpaired) electrons. The summed E-state index contributed by atoms with van der Waals surface area (Å²) < 4.78 is 58.0. The lowest BCUT2D eigenvalue weighted by Gasteiger charge is -2.18. The lowest BCUT2D eigenvalue weighted by Crippen LogP contribution is -2.28. The number of alkyl halides is 3. The Labute approximate surface area is 174 Å². The Morgan fingerprint density at radius 3 is 2.57 bits per heavy atom. The lowest BCUT2D eigenvalue weighted by atomic mass is 10.2. The SMILES string of the molecule is COc1ccc(CN(C)C(=O)CSc2nc(C(F)(F)F)nc3ccccc23)cc1F. The number of amides is 1. The molecule has 0 aliphatic heterocycles. The van der Waals surface area contributed by atoms with Crippen LogP contribution in [0.2, 0.25) is 0 Å². The number of halogens is 4. The average Bonchev–Trinajstić information content (AvgIpc) is 2.71. The van der Waals surface area contributed by atoms with Crippen LogP contribution in [0.5, 0.6) is 5.75 Å². The number of hydrogen-bond donors (Lipinski definition) is 0. The third kappa shape index (κ3) is 4.99. The number of ether oxygens (including phenoxy) is 1. The van der Waals surface area contributed by atoms with E-state index < -0.39 is 17.8 Å². The molecule has 0 aliphatic carbocycles. The topological polar surface area (TPSA) is 55.3 Å². The van der Waals surface area contributed by atoms with Gasteiger partial charge >= 0.3 is 6.18 Å². The van der Waals surface area contributed by atoms with Gasteiger partial charge in [0.15, 0.2) is 11.6 Å². The maximum atomic E-state index is 13.8. The molecule has 0 N–H and O–H groups in total. The molecule has 0 saturated heterocycles. The zero-order chi connectivity index (χ0) is 21.9. The summed E-state index contributed by atoms with van der Waals surface area (Å²) in [4.78, 5) is 21.0. The van der Waals surface area contributed by atoms with Crippen LogP contribution >= 0.6 is 11.8 Å². The highest BCUT2D eigenvalue weighted by atomic mass is 32.2. The lowest BCUT2D eigenvalue weighted by molar-refractivity contribution is -0.145. The van der Waals surface area contributed by atoms with Crippen LogP contribution in [0.4, 0.5) is 17.6 Å². The molecular formula is C20H17F4N3O2S. The molecule has 0 saturated carbocycles. The monoisotopic (exact) mass is 439 g/mol. The number of aromatic nitrogens is 2. The van der Waals surface area contributed by atoms with Gasteiger partial charge in [-0.15, -0.1) is 0 Å².